The van der Waals surface area contributed by atoms with Crippen LogP contribution in [0.3, 0.4) is 0 Å². The molecule has 1 aromatic heterocycles. The van der Waals surface area contributed by atoms with E-state index < -0.39 is 15.4 Å². The molecule has 1 unspecified atom stereocenters. The highest BCUT2D eigenvalue weighted by atomic mass is 35.5. The summed E-state index contributed by atoms with van der Waals surface area (Å²) in [6, 6.07) is 15.9. The molecule has 1 aliphatic rings. The number of halogens is 1. The van der Waals surface area contributed by atoms with Crippen molar-refractivity contribution in [1.29, 1.82) is 0 Å². The predicted molar refractivity (Wildman–Crippen MR) is 119 cm³/mol. The third-order valence-electron chi connectivity index (χ3n) is 5.04. The van der Waals surface area contributed by atoms with Crippen molar-refractivity contribution < 1.29 is 22.8 Å². The topological polar surface area (TPSA) is 107 Å². The fourth-order valence-electron chi connectivity index (χ4n) is 3.50. The number of aromatic nitrogens is 1. The summed E-state index contributed by atoms with van der Waals surface area (Å²) in [5, 5.41) is 0.513. The van der Waals surface area contributed by atoms with E-state index >= 15 is 0 Å². The third kappa shape index (κ3) is 4.30. The number of pyridine rings is 1. The number of hydroxylamine groups is 1. The van der Waals surface area contributed by atoms with E-state index in [1.165, 1.54) is 12.1 Å². The lowest BCUT2D eigenvalue weighted by Gasteiger charge is -2.26. The molecular formula is C22H18ClN3O5S. The molecule has 0 saturated heterocycles. The minimum absolute atomic E-state index is 0.0270. The molecule has 0 fully saturated rings. The summed E-state index contributed by atoms with van der Waals surface area (Å²) in [5.41, 5.74) is 4.52. The summed E-state index contributed by atoms with van der Waals surface area (Å²) < 4.78 is 29.4. The molecule has 1 N–H and O–H groups in total. The second-order valence-corrected chi connectivity index (χ2v) is 9.60. The number of sulfone groups is 1. The second kappa shape index (κ2) is 8.60. The zero-order valence-electron chi connectivity index (χ0n) is 16.9. The average Bonchev–Trinajstić information content (AvgIpc) is 3.23. The van der Waals surface area contributed by atoms with Crippen LogP contribution in [0.4, 0.5) is 0 Å². The number of nitrogens with zero attached hydrogens (tertiary/aromatic N) is 2. The fourth-order valence-corrected chi connectivity index (χ4v) is 4.31. The third-order valence-corrected chi connectivity index (χ3v) is 6.38. The van der Waals surface area contributed by atoms with E-state index in [1.54, 1.807) is 30.6 Å². The SMILES string of the molecule is CS(=O)(=O)c1ccc(C2(c3cccc(-c4cncc(Cl)c4)c3)COC(NOC=O)=N2)cc1. The van der Waals surface area contributed by atoms with Crippen LogP contribution in [0.15, 0.2) is 76.9 Å². The predicted octanol–water partition coefficient (Wildman–Crippen LogP) is 3.11. The molecule has 0 bridgehead atoms. The zero-order chi connectivity index (χ0) is 22.8. The summed E-state index contributed by atoms with van der Waals surface area (Å²) in [6.07, 6.45) is 4.41. The maximum Gasteiger partial charge on any atom is 0.320 e. The van der Waals surface area contributed by atoms with Crippen molar-refractivity contribution in [2.24, 2.45) is 4.99 Å². The molecule has 0 saturated carbocycles. The minimum Gasteiger partial charge on any atom is -0.460 e. The number of ether oxygens (including phenoxy) is 1. The maximum atomic E-state index is 11.9. The average molecular weight is 472 g/mol. The van der Waals surface area contributed by atoms with Crippen molar-refractivity contribution in [3.63, 3.8) is 0 Å². The molecule has 0 aliphatic carbocycles. The summed E-state index contributed by atoms with van der Waals surface area (Å²) in [4.78, 5) is 24.1. The van der Waals surface area contributed by atoms with Gasteiger partial charge in [-0.3, -0.25) is 9.78 Å². The van der Waals surface area contributed by atoms with E-state index in [0.29, 0.717) is 10.6 Å². The van der Waals surface area contributed by atoms with Crippen molar-refractivity contribution in [2.75, 3.05) is 12.9 Å². The van der Waals surface area contributed by atoms with Gasteiger partial charge >= 0.3 is 12.5 Å². The van der Waals surface area contributed by atoms with Gasteiger partial charge in [-0.05, 0) is 41.0 Å². The van der Waals surface area contributed by atoms with Crippen LogP contribution < -0.4 is 5.48 Å². The van der Waals surface area contributed by atoms with E-state index in [9.17, 15) is 13.2 Å². The molecule has 4 rings (SSSR count). The molecule has 8 nitrogen and oxygen atoms in total. The Hall–Kier alpha value is -3.43. The van der Waals surface area contributed by atoms with Crippen LogP contribution in [0.2, 0.25) is 5.02 Å². The van der Waals surface area contributed by atoms with Crippen LogP contribution in [-0.2, 0) is 29.7 Å². The van der Waals surface area contributed by atoms with Gasteiger partial charge in [-0.25, -0.2) is 13.4 Å². The lowest BCUT2D eigenvalue weighted by molar-refractivity contribution is -0.132. The van der Waals surface area contributed by atoms with Gasteiger partial charge in [0.1, 0.15) is 6.61 Å². The highest BCUT2D eigenvalue weighted by Crippen LogP contribution is 2.39. The molecule has 164 valence electrons. The molecule has 2 aromatic carbocycles. The van der Waals surface area contributed by atoms with Crippen molar-refractivity contribution in [1.82, 2.24) is 10.5 Å². The zero-order valence-corrected chi connectivity index (χ0v) is 18.4. The number of carbonyl (C=O) groups excluding carboxylic acids is 1. The van der Waals surface area contributed by atoms with Gasteiger partial charge < -0.3 is 9.57 Å². The first-order valence-electron chi connectivity index (χ1n) is 9.42. The van der Waals surface area contributed by atoms with Gasteiger partial charge in [0.2, 0.25) is 0 Å². The van der Waals surface area contributed by atoms with Crippen LogP contribution in [0.1, 0.15) is 11.1 Å². The van der Waals surface area contributed by atoms with Crippen LogP contribution >= 0.6 is 11.6 Å². The van der Waals surface area contributed by atoms with Gasteiger partial charge in [0.05, 0.1) is 9.92 Å². The summed E-state index contributed by atoms with van der Waals surface area (Å²) in [6.45, 7) is 0.326. The van der Waals surface area contributed by atoms with Gasteiger partial charge in [-0.1, -0.05) is 41.9 Å². The Morgan fingerprint density at radius 3 is 2.56 bits per heavy atom. The molecule has 0 amide bonds. The second-order valence-electron chi connectivity index (χ2n) is 7.15. The summed E-state index contributed by atoms with van der Waals surface area (Å²) >= 11 is 6.10. The van der Waals surface area contributed by atoms with E-state index in [-0.39, 0.29) is 24.0 Å². The molecule has 0 radical (unpaired) electrons. The van der Waals surface area contributed by atoms with Crippen LogP contribution in [0.5, 0.6) is 0 Å². The number of amidine groups is 1. The Balaban J connectivity index is 1.83. The summed E-state index contributed by atoms with van der Waals surface area (Å²) in [5.74, 6) is 0. The molecule has 2 heterocycles. The molecule has 0 spiro atoms. The van der Waals surface area contributed by atoms with Gasteiger partial charge in [-0.2, -0.15) is 5.48 Å². The normalized spacial score (nSPS) is 17.9. The number of nitrogens with one attached hydrogen (secondary N) is 1. The number of hydrogen-bond acceptors (Lipinski definition) is 8. The monoisotopic (exact) mass is 471 g/mol. The standard InChI is InChI=1S/C22H18ClN3O5S/c1-32(28,29)20-7-5-17(6-8-20)22(13-30-21(25-22)26-31-14-27)18-4-2-3-15(9-18)16-10-19(23)12-24-11-16/h2-12,14H,13H2,1H3,(H,25,26). The van der Waals surface area contributed by atoms with Gasteiger partial charge in [0.15, 0.2) is 15.4 Å². The molecule has 3 aromatic rings. The van der Waals surface area contributed by atoms with E-state index in [0.717, 1.165) is 22.9 Å². The summed E-state index contributed by atoms with van der Waals surface area (Å²) in [7, 11) is -3.35. The Bertz CT molecular complexity index is 1290. The van der Waals surface area contributed by atoms with Gasteiger partial charge in [0.25, 0.3) is 0 Å². The molecule has 1 aliphatic heterocycles. The van der Waals surface area contributed by atoms with Crippen molar-refractivity contribution in [3.8, 4) is 11.1 Å². The molecule has 1 atom stereocenters. The van der Waals surface area contributed by atoms with Gasteiger partial charge in [-0.15, -0.1) is 0 Å². The van der Waals surface area contributed by atoms with Crippen molar-refractivity contribution in [2.45, 2.75) is 10.4 Å². The molecule has 10 heteroatoms. The van der Waals surface area contributed by atoms with Crippen molar-refractivity contribution >= 4 is 33.9 Å². The number of aliphatic imine (C=N–C) groups is 1. The Morgan fingerprint density at radius 2 is 1.88 bits per heavy atom. The largest absolute Gasteiger partial charge is 0.460 e. The Labute approximate surface area is 189 Å². The Kier molecular flexibility index (Phi) is 5.86. The van der Waals surface area contributed by atoms with Crippen LogP contribution in [-0.4, -0.2) is 38.8 Å². The first-order chi connectivity index (χ1) is 15.3. The van der Waals surface area contributed by atoms with Crippen LogP contribution in [0, 0.1) is 0 Å². The number of carbonyl (C=O) groups is 1. The lowest BCUT2D eigenvalue weighted by atomic mass is 9.83. The van der Waals surface area contributed by atoms with E-state index in [2.05, 4.69) is 20.3 Å². The maximum absolute atomic E-state index is 11.9. The van der Waals surface area contributed by atoms with Gasteiger partial charge in [0, 0.05) is 24.2 Å². The number of hydrogen-bond donors (Lipinski definition) is 1. The van der Waals surface area contributed by atoms with Crippen LogP contribution in [0.25, 0.3) is 11.1 Å². The van der Waals surface area contributed by atoms with E-state index in [1.807, 2.05) is 24.3 Å². The first-order valence-corrected chi connectivity index (χ1v) is 11.7. The minimum atomic E-state index is -3.35. The smallest absolute Gasteiger partial charge is 0.320 e. The highest BCUT2D eigenvalue weighted by Gasteiger charge is 2.41. The van der Waals surface area contributed by atoms with E-state index in [4.69, 9.17) is 16.3 Å². The number of rotatable bonds is 6. The first kappa shape index (κ1) is 21.8. The quantitative estimate of drug-likeness (QED) is 0.434. The fraction of sp³-hybridized carbons (Fsp3) is 0.136. The van der Waals surface area contributed by atoms with Crippen molar-refractivity contribution in [3.05, 3.63) is 83.1 Å². The molecular weight excluding hydrogens is 454 g/mol. The highest BCUT2D eigenvalue weighted by molar-refractivity contribution is 7.90. The molecule has 32 heavy (non-hydrogen) atoms. The Morgan fingerprint density at radius 1 is 1.09 bits per heavy atom. The lowest BCUT2D eigenvalue weighted by Crippen LogP contribution is -2.27. The number of benzene rings is 2.